The van der Waals surface area contributed by atoms with Crippen molar-refractivity contribution in [3.8, 4) is 5.75 Å². The predicted octanol–water partition coefficient (Wildman–Crippen LogP) is 4.43. The Labute approximate surface area is 153 Å². The molecule has 0 heterocycles. The molecule has 0 aliphatic rings. The Balaban J connectivity index is 1.94. The van der Waals surface area contributed by atoms with Crippen LogP contribution in [0.5, 0.6) is 5.75 Å². The van der Waals surface area contributed by atoms with E-state index in [1.165, 1.54) is 19.1 Å². The molecule has 1 atom stereocenters. The van der Waals surface area contributed by atoms with Gasteiger partial charge >= 0.3 is 12.4 Å². The Morgan fingerprint density at radius 1 is 1.00 bits per heavy atom. The van der Waals surface area contributed by atoms with Crippen LogP contribution in [0.25, 0.3) is 0 Å². The predicted molar refractivity (Wildman–Crippen MR) is 94.4 cm³/mol. The number of nitrogens with one attached hydrogen (secondary N) is 3. The van der Waals surface area contributed by atoms with Gasteiger partial charge in [0, 0.05) is 18.3 Å². The first-order valence-electron chi connectivity index (χ1n) is 7.93. The number of hydrogen-bond donors (Lipinski definition) is 3. The number of amides is 3. The molecule has 9 heteroatoms. The lowest BCUT2D eigenvalue weighted by molar-refractivity contribution is -0.274. The van der Waals surface area contributed by atoms with Crippen molar-refractivity contribution in [1.82, 2.24) is 5.32 Å². The summed E-state index contributed by atoms with van der Waals surface area (Å²) in [6, 6.07) is 10.9. The maximum atomic E-state index is 12.1. The smallest absolute Gasteiger partial charge is 0.406 e. The fourth-order valence-electron chi connectivity index (χ4n) is 2.28. The molecule has 0 radical (unpaired) electrons. The lowest BCUT2D eigenvalue weighted by atomic mass is 10.1. The molecule has 0 aliphatic carbocycles. The van der Waals surface area contributed by atoms with Gasteiger partial charge < -0.3 is 20.7 Å². The van der Waals surface area contributed by atoms with Crippen LogP contribution in [0.4, 0.5) is 29.3 Å². The molecule has 0 spiro atoms. The highest BCUT2D eigenvalue weighted by atomic mass is 19.4. The number of ether oxygens (including phenoxy) is 1. The SMILES string of the molecule is CC(=O)Nc1cccc([C@@H](C)NC(=O)Nc2ccc(OC(F)(F)F)cc2)c1. The monoisotopic (exact) mass is 381 g/mol. The molecule has 27 heavy (non-hydrogen) atoms. The lowest BCUT2D eigenvalue weighted by Crippen LogP contribution is -2.31. The van der Waals surface area contributed by atoms with E-state index in [9.17, 15) is 22.8 Å². The number of hydrogen-bond acceptors (Lipinski definition) is 3. The van der Waals surface area contributed by atoms with Crippen LogP contribution in [0.2, 0.25) is 0 Å². The molecule has 2 aromatic rings. The van der Waals surface area contributed by atoms with E-state index >= 15 is 0 Å². The molecule has 2 rings (SSSR count). The van der Waals surface area contributed by atoms with Crippen LogP contribution in [0, 0.1) is 0 Å². The van der Waals surface area contributed by atoms with Gasteiger partial charge in [-0.05, 0) is 48.9 Å². The number of rotatable bonds is 5. The molecule has 3 amide bonds. The van der Waals surface area contributed by atoms with Crippen LogP contribution in [-0.4, -0.2) is 18.3 Å². The van der Waals surface area contributed by atoms with E-state index in [1.54, 1.807) is 31.2 Å². The molecule has 0 saturated heterocycles. The Bertz CT molecular complexity index is 807. The number of carbonyl (C=O) groups is 2. The van der Waals surface area contributed by atoms with Gasteiger partial charge in [-0.25, -0.2) is 4.79 Å². The van der Waals surface area contributed by atoms with Crippen molar-refractivity contribution in [3.05, 3.63) is 54.1 Å². The highest BCUT2D eigenvalue weighted by Gasteiger charge is 2.30. The third kappa shape index (κ3) is 6.89. The van der Waals surface area contributed by atoms with Crippen LogP contribution in [-0.2, 0) is 4.79 Å². The summed E-state index contributed by atoms with van der Waals surface area (Å²) in [4.78, 5) is 23.2. The first-order chi connectivity index (χ1) is 12.6. The van der Waals surface area contributed by atoms with Crippen molar-refractivity contribution in [2.24, 2.45) is 0 Å². The standard InChI is InChI=1S/C18H18F3N3O3/c1-11(13-4-3-5-15(10-13)23-12(2)25)22-17(26)24-14-6-8-16(9-7-14)27-18(19,20)21/h3-11H,1-2H3,(H,23,25)(H2,22,24,26)/t11-/m1/s1. The molecule has 0 saturated carbocycles. The molecule has 3 N–H and O–H groups in total. The molecule has 0 unspecified atom stereocenters. The maximum Gasteiger partial charge on any atom is 0.573 e. The van der Waals surface area contributed by atoms with E-state index in [4.69, 9.17) is 0 Å². The van der Waals surface area contributed by atoms with Gasteiger partial charge in [-0.15, -0.1) is 13.2 Å². The second-order valence-electron chi connectivity index (χ2n) is 5.70. The van der Waals surface area contributed by atoms with Gasteiger partial charge in [0.25, 0.3) is 0 Å². The third-order valence-electron chi connectivity index (χ3n) is 3.40. The van der Waals surface area contributed by atoms with Gasteiger partial charge in [0.05, 0.1) is 6.04 Å². The van der Waals surface area contributed by atoms with Crippen LogP contribution < -0.4 is 20.7 Å². The molecule has 0 aliphatic heterocycles. The number of urea groups is 1. The summed E-state index contributed by atoms with van der Waals surface area (Å²) in [7, 11) is 0. The van der Waals surface area contributed by atoms with Crippen molar-refractivity contribution in [1.29, 1.82) is 0 Å². The van der Waals surface area contributed by atoms with Gasteiger partial charge in [-0.3, -0.25) is 4.79 Å². The second kappa shape index (κ2) is 8.43. The zero-order valence-electron chi connectivity index (χ0n) is 14.6. The summed E-state index contributed by atoms with van der Waals surface area (Å²) in [5, 5.41) is 7.88. The van der Waals surface area contributed by atoms with E-state index in [0.717, 1.165) is 17.7 Å². The van der Waals surface area contributed by atoms with E-state index in [1.807, 2.05) is 0 Å². The van der Waals surface area contributed by atoms with Gasteiger partial charge in [-0.2, -0.15) is 0 Å². The van der Waals surface area contributed by atoms with E-state index in [-0.39, 0.29) is 17.7 Å². The summed E-state index contributed by atoms with van der Waals surface area (Å²) >= 11 is 0. The second-order valence-corrected chi connectivity index (χ2v) is 5.70. The highest BCUT2D eigenvalue weighted by Crippen LogP contribution is 2.24. The first-order valence-corrected chi connectivity index (χ1v) is 7.93. The Morgan fingerprint density at radius 3 is 2.26 bits per heavy atom. The minimum absolute atomic E-state index is 0.205. The molecule has 144 valence electrons. The molecular weight excluding hydrogens is 363 g/mol. The average Bonchev–Trinajstić information content (AvgIpc) is 2.55. The fourth-order valence-corrected chi connectivity index (χ4v) is 2.28. The summed E-state index contributed by atoms with van der Waals surface area (Å²) in [5.74, 6) is -0.583. The first kappa shape index (κ1) is 20.1. The quantitative estimate of drug-likeness (QED) is 0.717. The van der Waals surface area contributed by atoms with Crippen molar-refractivity contribution in [3.63, 3.8) is 0 Å². The summed E-state index contributed by atoms with van der Waals surface area (Å²) < 4.78 is 40.2. The highest BCUT2D eigenvalue weighted by molar-refractivity contribution is 5.90. The Kier molecular flexibility index (Phi) is 6.27. The van der Waals surface area contributed by atoms with Gasteiger partial charge in [0.1, 0.15) is 5.75 Å². The number of carbonyl (C=O) groups excluding carboxylic acids is 2. The lowest BCUT2D eigenvalue weighted by Gasteiger charge is -2.16. The zero-order chi connectivity index (χ0) is 20.0. The Morgan fingerprint density at radius 2 is 1.67 bits per heavy atom. The van der Waals surface area contributed by atoms with Gasteiger partial charge in [-0.1, -0.05) is 12.1 Å². The number of anilines is 2. The average molecular weight is 381 g/mol. The molecule has 0 bridgehead atoms. The molecule has 6 nitrogen and oxygen atoms in total. The normalized spacial score (nSPS) is 12.0. The van der Waals surface area contributed by atoms with Crippen molar-refractivity contribution in [2.45, 2.75) is 26.3 Å². The fraction of sp³-hybridized carbons (Fsp3) is 0.222. The molecule has 0 aromatic heterocycles. The minimum Gasteiger partial charge on any atom is -0.406 e. The van der Waals surface area contributed by atoms with E-state index in [2.05, 4.69) is 20.7 Å². The summed E-state index contributed by atoms with van der Waals surface area (Å²) in [5.41, 5.74) is 1.68. The van der Waals surface area contributed by atoms with Crippen molar-refractivity contribution >= 4 is 23.3 Å². The summed E-state index contributed by atoms with van der Waals surface area (Å²) in [6.45, 7) is 3.15. The number of halogens is 3. The Hall–Kier alpha value is -3.23. The zero-order valence-corrected chi connectivity index (χ0v) is 14.6. The van der Waals surface area contributed by atoms with Crippen molar-refractivity contribution < 1.29 is 27.5 Å². The molecule has 2 aromatic carbocycles. The topological polar surface area (TPSA) is 79.5 Å². The third-order valence-corrected chi connectivity index (χ3v) is 3.40. The molecular formula is C18H18F3N3O3. The minimum atomic E-state index is -4.77. The number of benzene rings is 2. The number of alkyl halides is 3. The van der Waals surface area contributed by atoms with Crippen molar-refractivity contribution in [2.75, 3.05) is 10.6 Å². The molecule has 0 fully saturated rings. The summed E-state index contributed by atoms with van der Waals surface area (Å²) in [6.07, 6.45) is -4.77. The maximum absolute atomic E-state index is 12.1. The van der Waals surface area contributed by atoms with Crippen LogP contribution in [0.1, 0.15) is 25.5 Å². The van der Waals surface area contributed by atoms with Crippen LogP contribution in [0.3, 0.4) is 0 Å². The van der Waals surface area contributed by atoms with Crippen LogP contribution >= 0.6 is 0 Å². The van der Waals surface area contributed by atoms with Gasteiger partial charge in [0.15, 0.2) is 0 Å². The van der Waals surface area contributed by atoms with Gasteiger partial charge in [0.2, 0.25) is 5.91 Å². The van der Waals surface area contributed by atoms with E-state index < -0.39 is 12.4 Å². The largest absolute Gasteiger partial charge is 0.573 e. The van der Waals surface area contributed by atoms with E-state index in [0.29, 0.717) is 11.4 Å². The van der Waals surface area contributed by atoms with Crippen LogP contribution in [0.15, 0.2) is 48.5 Å².